The maximum absolute atomic E-state index is 12.2. The van der Waals surface area contributed by atoms with Crippen LogP contribution in [0.3, 0.4) is 0 Å². The van der Waals surface area contributed by atoms with E-state index in [0.29, 0.717) is 38.4 Å². The van der Waals surface area contributed by atoms with Crippen molar-refractivity contribution in [2.75, 3.05) is 19.5 Å². The van der Waals surface area contributed by atoms with Gasteiger partial charge in [-0.05, 0) is 24.3 Å². The molecule has 0 amide bonds. The zero-order chi connectivity index (χ0) is 16.6. The molecule has 0 aliphatic carbocycles. The molecule has 1 atom stereocenters. The van der Waals surface area contributed by atoms with Gasteiger partial charge in [-0.25, -0.2) is 4.79 Å². The molecule has 1 N–H and O–H groups in total. The maximum Gasteiger partial charge on any atom is 0.344 e. The summed E-state index contributed by atoms with van der Waals surface area (Å²) >= 11 is 12.2. The van der Waals surface area contributed by atoms with Gasteiger partial charge in [0.2, 0.25) is 6.23 Å². The number of cyclic esters (lactones) is 1. The molecule has 0 bridgehead atoms. The van der Waals surface area contributed by atoms with Gasteiger partial charge in [0, 0.05) is 5.56 Å². The molecule has 1 heterocycles. The highest BCUT2D eigenvalue weighted by Gasteiger charge is 2.36. The summed E-state index contributed by atoms with van der Waals surface area (Å²) in [6, 6.07) is 8.65. The van der Waals surface area contributed by atoms with Crippen molar-refractivity contribution in [3.63, 3.8) is 0 Å². The number of anilines is 1. The van der Waals surface area contributed by atoms with E-state index >= 15 is 0 Å². The number of ether oxygens (including phenoxy) is 3. The van der Waals surface area contributed by atoms with Crippen molar-refractivity contribution >= 4 is 34.9 Å². The Morgan fingerprint density at radius 1 is 1.13 bits per heavy atom. The zero-order valence-electron chi connectivity index (χ0n) is 12.4. The van der Waals surface area contributed by atoms with Crippen LogP contribution in [-0.2, 0) is 4.74 Å². The second-order valence-corrected chi connectivity index (χ2v) is 5.58. The first kappa shape index (κ1) is 15.8. The van der Waals surface area contributed by atoms with Gasteiger partial charge in [0.05, 0.1) is 30.0 Å². The van der Waals surface area contributed by atoms with Crippen molar-refractivity contribution in [3.05, 3.63) is 51.5 Å². The van der Waals surface area contributed by atoms with Gasteiger partial charge in [-0.3, -0.25) is 0 Å². The number of fused-ring (bicyclic) bond motifs is 1. The summed E-state index contributed by atoms with van der Waals surface area (Å²) in [5.41, 5.74) is 1.55. The van der Waals surface area contributed by atoms with Crippen molar-refractivity contribution in [1.82, 2.24) is 0 Å². The summed E-state index contributed by atoms with van der Waals surface area (Å²) in [7, 11) is 2.98. The fourth-order valence-electron chi connectivity index (χ4n) is 2.46. The van der Waals surface area contributed by atoms with Crippen LogP contribution in [0.5, 0.6) is 11.5 Å². The SMILES string of the molecule is COc1ccc2c(c1OC)C(=O)OC2Nc1cccc(Cl)c1Cl. The molecular weight excluding hydrogens is 341 g/mol. The lowest BCUT2D eigenvalue weighted by molar-refractivity contribution is 0.0435. The van der Waals surface area contributed by atoms with Crippen LogP contribution in [0, 0.1) is 0 Å². The van der Waals surface area contributed by atoms with E-state index in [2.05, 4.69) is 5.32 Å². The van der Waals surface area contributed by atoms with Crippen LogP contribution >= 0.6 is 23.2 Å². The van der Waals surface area contributed by atoms with Crippen molar-refractivity contribution in [2.24, 2.45) is 0 Å². The van der Waals surface area contributed by atoms with Gasteiger partial charge in [-0.15, -0.1) is 0 Å². The first-order chi connectivity index (χ1) is 11.1. The lowest BCUT2D eigenvalue weighted by Gasteiger charge is -2.16. The quantitative estimate of drug-likeness (QED) is 0.830. The van der Waals surface area contributed by atoms with Crippen LogP contribution in [0.2, 0.25) is 10.0 Å². The molecule has 1 aliphatic heterocycles. The molecule has 0 radical (unpaired) electrons. The molecule has 0 saturated carbocycles. The second kappa shape index (κ2) is 6.18. The first-order valence-electron chi connectivity index (χ1n) is 6.73. The number of methoxy groups -OCH3 is 2. The van der Waals surface area contributed by atoms with E-state index in [1.54, 1.807) is 30.3 Å². The highest BCUT2D eigenvalue weighted by Crippen LogP contribution is 2.43. The van der Waals surface area contributed by atoms with Crippen LogP contribution in [0.15, 0.2) is 30.3 Å². The fraction of sp³-hybridized carbons (Fsp3) is 0.188. The van der Waals surface area contributed by atoms with Gasteiger partial charge in [0.25, 0.3) is 0 Å². The Morgan fingerprint density at radius 3 is 2.61 bits per heavy atom. The lowest BCUT2D eigenvalue weighted by Crippen LogP contribution is -2.10. The van der Waals surface area contributed by atoms with Crippen molar-refractivity contribution in [1.29, 1.82) is 0 Å². The van der Waals surface area contributed by atoms with Crippen molar-refractivity contribution in [2.45, 2.75) is 6.23 Å². The Balaban J connectivity index is 2.01. The Kier molecular flexibility index (Phi) is 4.24. The summed E-state index contributed by atoms with van der Waals surface area (Å²) in [5.74, 6) is 0.313. The first-order valence-corrected chi connectivity index (χ1v) is 7.48. The molecule has 0 saturated heterocycles. The van der Waals surface area contributed by atoms with Crippen LogP contribution in [0.4, 0.5) is 5.69 Å². The van der Waals surface area contributed by atoms with E-state index < -0.39 is 12.2 Å². The molecule has 0 aromatic heterocycles. The largest absolute Gasteiger partial charge is 0.493 e. The van der Waals surface area contributed by atoms with Crippen molar-refractivity contribution in [3.8, 4) is 11.5 Å². The molecule has 1 unspecified atom stereocenters. The minimum Gasteiger partial charge on any atom is -0.493 e. The molecule has 120 valence electrons. The molecule has 1 aliphatic rings. The summed E-state index contributed by atoms with van der Waals surface area (Å²) in [6.45, 7) is 0. The van der Waals surface area contributed by atoms with Gasteiger partial charge in [-0.1, -0.05) is 29.3 Å². The van der Waals surface area contributed by atoms with Crippen LogP contribution in [0.1, 0.15) is 22.1 Å². The maximum atomic E-state index is 12.2. The lowest BCUT2D eigenvalue weighted by atomic mass is 10.1. The third kappa shape index (κ3) is 2.66. The molecule has 7 heteroatoms. The number of halogens is 2. The number of hydrogen-bond donors (Lipinski definition) is 1. The van der Waals surface area contributed by atoms with E-state index in [4.69, 9.17) is 37.4 Å². The van der Waals surface area contributed by atoms with Gasteiger partial charge >= 0.3 is 5.97 Å². The Hall–Kier alpha value is -2.11. The predicted molar refractivity (Wildman–Crippen MR) is 87.8 cm³/mol. The van der Waals surface area contributed by atoms with Crippen LogP contribution in [0.25, 0.3) is 0 Å². The van der Waals surface area contributed by atoms with E-state index in [-0.39, 0.29) is 0 Å². The number of nitrogens with one attached hydrogen (secondary N) is 1. The molecular formula is C16H13Cl2NO4. The minimum atomic E-state index is -0.687. The van der Waals surface area contributed by atoms with Gasteiger partial charge < -0.3 is 19.5 Å². The number of hydrogen-bond acceptors (Lipinski definition) is 5. The van der Waals surface area contributed by atoms with E-state index in [0.717, 1.165) is 0 Å². The average molecular weight is 354 g/mol. The topological polar surface area (TPSA) is 56.8 Å². The van der Waals surface area contributed by atoms with Crippen LogP contribution in [-0.4, -0.2) is 20.2 Å². The molecule has 23 heavy (non-hydrogen) atoms. The monoisotopic (exact) mass is 353 g/mol. The average Bonchev–Trinajstić information content (AvgIpc) is 2.87. The smallest absolute Gasteiger partial charge is 0.344 e. The molecule has 3 rings (SSSR count). The fourth-order valence-corrected chi connectivity index (χ4v) is 2.82. The third-order valence-corrected chi connectivity index (χ3v) is 4.35. The highest BCUT2D eigenvalue weighted by atomic mass is 35.5. The highest BCUT2D eigenvalue weighted by molar-refractivity contribution is 6.43. The van der Waals surface area contributed by atoms with E-state index in [1.807, 2.05) is 0 Å². The van der Waals surface area contributed by atoms with Gasteiger partial charge in [-0.2, -0.15) is 0 Å². The number of rotatable bonds is 4. The zero-order valence-corrected chi connectivity index (χ0v) is 13.9. The summed E-state index contributed by atoms with van der Waals surface area (Å²) in [5, 5.41) is 3.84. The minimum absolute atomic E-state index is 0.336. The van der Waals surface area contributed by atoms with E-state index in [1.165, 1.54) is 14.2 Å². The summed E-state index contributed by atoms with van der Waals surface area (Å²) in [6.07, 6.45) is -0.687. The Morgan fingerprint density at radius 2 is 1.91 bits per heavy atom. The number of carbonyl (C=O) groups is 1. The number of benzene rings is 2. The molecule has 2 aromatic rings. The normalized spacial score (nSPS) is 15.8. The third-order valence-electron chi connectivity index (χ3n) is 3.53. The molecule has 0 fully saturated rings. The van der Waals surface area contributed by atoms with Crippen LogP contribution < -0.4 is 14.8 Å². The molecule has 2 aromatic carbocycles. The standard InChI is InChI=1S/C16H13Cl2NO4/c1-21-11-7-6-8-12(14(11)22-2)16(20)23-15(8)19-10-5-3-4-9(17)13(10)18/h3-7,15,19H,1-2H3. The summed E-state index contributed by atoms with van der Waals surface area (Å²) in [4.78, 5) is 12.2. The Labute approximate surface area is 143 Å². The van der Waals surface area contributed by atoms with Crippen molar-refractivity contribution < 1.29 is 19.0 Å². The summed E-state index contributed by atoms with van der Waals surface area (Å²) < 4.78 is 15.9. The second-order valence-electron chi connectivity index (χ2n) is 4.80. The molecule has 5 nitrogen and oxygen atoms in total. The Bertz CT molecular complexity index is 779. The predicted octanol–water partition coefficient (Wildman–Crippen LogP) is 4.29. The number of esters is 1. The van der Waals surface area contributed by atoms with E-state index in [9.17, 15) is 4.79 Å². The van der Waals surface area contributed by atoms with Gasteiger partial charge in [0.1, 0.15) is 5.56 Å². The van der Waals surface area contributed by atoms with Gasteiger partial charge in [0.15, 0.2) is 11.5 Å². The number of carbonyl (C=O) groups excluding carboxylic acids is 1. The molecule has 0 spiro atoms.